The Morgan fingerprint density at radius 3 is 2.37 bits per heavy atom. The lowest BCUT2D eigenvalue weighted by molar-refractivity contribution is -0.143. The quantitative estimate of drug-likeness (QED) is 0.191. The molecule has 2 fully saturated rings. The van der Waals surface area contributed by atoms with Crippen LogP contribution in [-0.2, 0) is 27.6 Å². The van der Waals surface area contributed by atoms with Crippen LogP contribution in [0.2, 0.25) is 10.0 Å². The minimum Gasteiger partial charge on any atom is -0.486 e. The van der Waals surface area contributed by atoms with Gasteiger partial charge in [0.15, 0.2) is 11.5 Å². The normalized spacial score (nSPS) is 15.4. The topological polar surface area (TPSA) is 174 Å². The minimum atomic E-state index is -5.17. The van der Waals surface area contributed by atoms with Crippen molar-refractivity contribution in [3.8, 4) is 23.1 Å². The number of sulfonamides is 1. The second-order valence-corrected chi connectivity index (χ2v) is 13.9. The highest BCUT2D eigenvalue weighted by atomic mass is 35.5. The molecule has 6 rings (SSSR count). The van der Waals surface area contributed by atoms with Crippen LogP contribution in [0.1, 0.15) is 36.9 Å². The molecular weight excluding hydrogens is 716 g/mol. The lowest BCUT2D eigenvalue weighted by atomic mass is 10.2. The van der Waals surface area contributed by atoms with Crippen molar-refractivity contribution in [3.63, 3.8) is 0 Å². The molecule has 2 heterocycles. The fourth-order valence-corrected chi connectivity index (χ4v) is 6.84. The predicted molar refractivity (Wildman–Crippen MR) is 169 cm³/mol. The summed E-state index contributed by atoms with van der Waals surface area (Å²) in [6.45, 7) is 0.104. The maximum absolute atomic E-state index is 13.8. The third-order valence-electron chi connectivity index (χ3n) is 7.62. The lowest BCUT2D eigenvalue weighted by Gasteiger charge is -2.20. The van der Waals surface area contributed by atoms with Crippen molar-refractivity contribution in [3.05, 3.63) is 96.9 Å². The number of aromatic nitrogens is 4. The second-order valence-electron chi connectivity index (χ2n) is 11.5. The Hall–Kier alpha value is -4.45. The Labute approximate surface area is 285 Å². The summed E-state index contributed by atoms with van der Waals surface area (Å²) in [4.78, 5) is 41.5. The summed E-state index contributed by atoms with van der Waals surface area (Å²) in [6.07, 6.45) is -1.48. The van der Waals surface area contributed by atoms with Gasteiger partial charge in [-0.15, -0.1) is 0 Å². The van der Waals surface area contributed by atoms with Gasteiger partial charge >= 0.3 is 11.9 Å². The largest absolute Gasteiger partial charge is 0.486 e. The lowest BCUT2D eigenvalue weighted by Crippen LogP contribution is -2.46. The Balaban J connectivity index is 1.30. The van der Waals surface area contributed by atoms with Gasteiger partial charge in [0.2, 0.25) is 27.5 Å². The number of alkyl halides is 3. The van der Waals surface area contributed by atoms with E-state index in [1.165, 1.54) is 0 Å². The Bertz CT molecular complexity index is 2130. The maximum Gasteiger partial charge on any atom is 0.440 e. The standard InChI is InChI=1S/C30H25Cl2F3N6O7S/c31-19-10-18(41-28(44)38-27(43)25(39-41)30(33,34)35)11-20(32)24(19)48-23-12-22(21(13-36-23)47-14-16-4-2-1-3-5-16)49(45,46)40-29(8-9-29)15-37-26(42)17-6-7-17/h1-5,10-13,17,40H,6-9,14-15H2,(H,37,42)(H,38,43,44). The molecule has 0 atom stereocenters. The van der Waals surface area contributed by atoms with Gasteiger partial charge < -0.3 is 14.8 Å². The highest BCUT2D eigenvalue weighted by Gasteiger charge is 2.47. The number of rotatable bonds is 12. The molecule has 2 aliphatic rings. The molecule has 3 N–H and O–H groups in total. The van der Waals surface area contributed by atoms with Crippen molar-refractivity contribution in [2.24, 2.45) is 5.92 Å². The SMILES string of the molecule is O=C(NCC1(NS(=O)(=O)c2cc(Oc3c(Cl)cc(-n4nc(C(F)(F)F)c(=O)[nH]c4=O)cc3Cl)ncc2OCc2ccccc2)CC1)C1CC1. The minimum absolute atomic E-state index is 0.00115. The number of benzene rings is 2. The predicted octanol–water partition coefficient (Wildman–Crippen LogP) is 4.35. The van der Waals surface area contributed by atoms with Crippen molar-refractivity contribution in [2.75, 3.05) is 6.54 Å². The van der Waals surface area contributed by atoms with E-state index in [9.17, 15) is 36.0 Å². The van der Waals surface area contributed by atoms with Gasteiger partial charge in [-0.1, -0.05) is 53.5 Å². The molecule has 0 saturated heterocycles. The van der Waals surface area contributed by atoms with E-state index in [4.69, 9.17) is 32.7 Å². The molecule has 2 aromatic heterocycles. The number of carbonyl (C=O) groups is 1. The Morgan fingerprint density at radius 2 is 1.76 bits per heavy atom. The Morgan fingerprint density at radius 1 is 1.08 bits per heavy atom. The smallest absolute Gasteiger partial charge is 0.440 e. The summed E-state index contributed by atoms with van der Waals surface area (Å²) in [7, 11) is -4.32. The molecule has 19 heteroatoms. The van der Waals surface area contributed by atoms with Crippen molar-refractivity contribution >= 4 is 39.1 Å². The molecule has 2 aliphatic carbocycles. The second kappa shape index (κ2) is 13.1. The third kappa shape index (κ3) is 7.90. The van der Waals surface area contributed by atoms with E-state index in [0.29, 0.717) is 12.8 Å². The first-order valence-corrected chi connectivity index (χ1v) is 16.8. The van der Waals surface area contributed by atoms with Crippen LogP contribution in [0.25, 0.3) is 5.69 Å². The van der Waals surface area contributed by atoms with Crippen LogP contribution in [0.5, 0.6) is 17.4 Å². The van der Waals surface area contributed by atoms with Crippen molar-refractivity contribution in [1.29, 1.82) is 0 Å². The summed E-state index contributed by atoms with van der Waals surface area (Å²) < 4.78 is 82.0. The van der Waals surface area contributed by atoms with E-state index in [0.717, 1.165) is 42.8 Å². The number of pyridine rings is 1. The van der Waals surface area contributed by atoms with Gasteiger partial charge in [0.1, 0.15) is 11.5 Å². The highest BCUT2D eigenvalue weighted by Crippen LogP contribution is 2.41. The van der Waals surface area contributed by atoms with E-state index >= 15 is 0 Å². The van der Waals surface area contributed by atoms with Crippen LogP contribution in [0.4, 0.5) is 13.2 Å². The van der Waals surface area contributed by atoms with E-state index in [2.05, 4.69) is 20.1 Å². The average Bonchev–Trinajstić information content (AvgIpc) is 3.98. The monoisotopic (exact) mass is 740 g/mol. The molecule has 2 saturated carbocycles. The van der Waals surface area contributed by atoms with Crippen molar-refractivity contribution < 1.29 is 35.9 Å². The highest BCUT2D eigenvalue weighted by molar-refractivity contribution is 7.89. The number of halogens is 5. The number of H-pyrrole nitrogens is 1. The molecule has 0 aliphatic heterocycles. The van der Waals surface area contributed by atoms with E-state index in [1.54, 1.807) is 29.2 Å². The first-order chi connectivity index (χ1) is 23.1. The number of nitrogens with zero attached hydrogens (tertiary/aromatic N) is 3. The van der Waals surface area contributed by atoms with Gasteiger partial charge in [0.25, 0.3) is 5.56 Å². The van der Waals surface area contributed by atoms with Gasteiger partial charge in [-0.05, 0) is 43.4 Å². The van der Waals surface area contributed by atoms with Gasteiger partial charge in [-0.2, -0.15) is 23.0 Å². The molecule has 4 aromatic rings. The zero-order chi connectivity index (χ0) is 35.1. The molecule has 0 radical (unpaired) electrons. The molecule has 1 amide bonds. The zero-order valence-corrected chi connectivity index (χ0v) is 27.3. The number of hydrogen-bond acceptors (Lipinski definition) is 9. The Kier molecular flexibility index (Phi) is 9.21. The maximum atomic E-state index is 13.8. The fraction of sp³-hybridized carbons (Fsp3) is 0.300. The summed E-state index contributed by atoms with van der Waals surface area (Å²) >= 11 is 12.7. The van der Waals surface area contributed by atoms with Crippen molar-refractivity contribution in [2.45, 2.75) is 48.9 Å². The summed E-state index contributed by atoms with van der Waals surface area (Å²) in [5.74, 6) is -0.889. The van der Waals surface area contributed by atoms with Gasteiger partial charge in [0.05, 0.1) is 27.5 Å². The van der Waals surface area contributed by atoms with E-state index in [-0.39, 0.29) is 67.7 Å². The summed E-state index contributed by atoms with van der Waals surface area (Å²) in [5, 5.41) is 5.28. The molecule has 0 bridgehead atoms. The van der Waals surface area contributed by atoms with Crippen LogP contribution >= 0.6 is 23.2 Å². The number of carbonyl (C=O) groups excluding carboxylic acids is 1. The zero-order valence-electron chi connectivity index (χ0n) is 25.0. The number of amides is 1. The van der Waals surface area contributed by atoms with Crippen LogP contribution in [0, 0.1) is 5.92 Å². The molecule has 0 unspecified atom stereocenters. The fourth-order valence-electron chi connectivity index (χ4n) is 4.70. The number of hydrogen-bond donors (Lipinski definition) is 3. The van der Waals surface area contributed by atoms with Gasteiger partial charge in [-0.25, -0.2) is 22.9 Å². The van der Waals surface area contributed by atoms with Crippen LogP contribution in [0.15, 0.2) is 69.2 Å². The van der Waals surface area contributed by atoms with E-state index < -0.39 is 38.7 Å². The van der Waals surface area contributed by atoms with Crippen LogP contribution in [-0.4, -0.2) is 46.2 Å². The molecule has 2 aromatic carbocycles. The third-order valence-corrected chi connectivity index (χ3v) is 9.78. The van der Waals surface area contributed by atoms with Crippen molar-refractivity contribution in [1.82, 2.24) is 29.8 Å². The number of nitrogens with one attached hydrogen (secondary N) is 3. The summed E-state index contributed by atoms with van der Waals surface area (Å²) in [6, 6.07) is 12.0. The molecule has 49 heavy (non-hydrogen) atoms. The first kappa shape index (κ1) is 34.4. The molecular formula is C30H25Cl2F3N6O7S. The molecule has 13 nitrogen and oxygen atoms in total. The van der Waals surface area contributed by atoms with Crippen LogP contribution in [0.3, 0.4) is 0 Å². The summed E-state index contributed by atoms with van der Waals surface area (Å²) in [5.41, 5.74) is -5.40. The van der Waals surface area contributed by atoms with E-state index in [1.807, 2.05) is 6.07 Å². The molecule has 258 valence electrons. The number of ether oxygens (including phenoxy) is 2. The molecule has 0 spiro atoms. The van der Waals surface area contributed by atoms with Gasteiger partial charge in [-0.3, -0.25) is 14.6 Å². The van der Waals surface area contributed by atoms with Gasteiger partial charge in [0, 0.05) is 18.5 Å². The van der Waals surface area contributed by atoms with Crippen LogP contribution < -0.4 is 30.8 Å². The first-order valence-electron chi connectivity index (χ1n) is 14.6. The average molecular weight is 742 g/mol. The number of aromatic amines is 1.